The van der Waals surface area contributed by atoms with Crippen LogP contribution in [-0.4, -0.2) is 20.8 Å². The first-order valence-electron chi connectivity index (χ1n) is 11.9. The molecule has 0 spiro atoms. The summed E-state index contributed by atoms with van der Waals surface area (Å²) in [6.45, 7) is 0.198. The van der Waals surface area contributed by atoms with E-state index in [9.17, 15) is 28.1 Å². The van der Waals surface area contributed by atoms with Crippen molar-refractivity contribution in [2.75, 3.05) is 0 Å². The number of benzene rings is 4. The zero-order valence-electron chi connectivity index (χ0n) is 20.6. The number of ether oxygens (including phenoxy) is 1. The minimum absolute atomic E-state index is 0.00988. The summed E-state index contributed by atoms with van der Waals surface area (Å²) in [5.74, 6) is 0.499. The molecule has 0 N–H and O–H groups in total. The van der Waals surface area contributed by atoms with E-state index in [2.05, 4.69) is 10.1 Å². The van der Waals surface area contributed by atoms with Gasteiger partial charge in [0.05, 0.1) is 27.6 Å². The molecule has 11 heteroatoms. The van der Waals surface area contributed by atoms with Gasteiger partial charge in [-0.05, 0) is 71.8 Å². The Kier molecular flexibility index (Phi) is 7.11. The molecule has 0 fully saturated rings. The molecular weight excluding hydrogens is 525 g/mol. The van der Waals surface area contributed by atoms with Crippen molar-refractivity contribution >= 4 is 22.8 Å². The third-order valence-electron chi connectivity index (χ3n) is 5.96. The summed E-state index contributed by atoms with van der Waals surface area (Å²) in [4.78, 5) is 28.0. The maximum absolute atomic E-state index is 13.4. The lowest BCUT2D eigenvalue weighted by Gasteiger charge is -2.12. The van der Waals surface area contributed by atoms with Crippen LogP contribution in [0.2, 0.25) is 0 Å². The SMILES string of the molecule is O=c1c2ccccc2nc(-c2cccc(C(F)(F)F)c2)n1N=Cc1ccc(OCc2ccc([N+](=O)[O-])cc2)cc1. The van der Waals surface area contributed by atoms with Crippen LogP contribution in [0.1, 0.15) is 16.7 Å². The van der Waals surface area contributed by atoms with Crippen LogP contribution in [-0.2, 0) is 12.8 Å². The Morgan fingerprint density at radius 2 is 1.68 bits per heavy atom. The summed E-state index contributed by atoms with van der Waals surface area (Å²) >= 11 is 0. The van der Waals surface area contributed by atoms with Crippen LogP contribution in [0.15, 0.2) is 107 Å². The van der Waals surface area contributed by atoms with E-state index in [0.717, 1.165) is 22.4 Å². The van der Waals surface area contributed by atoms with Gasteiger partial charge in [-0.25, -0.2) is 4.98 Å². The minimum atomic E-state index is -4.57. The van der Waals surface area contributed by atoms with Crippen molar-refractivity contribution in [3.8, 4) is 17.1 Å². The van der Waals surface area contributed by atoms with Gasteiger partial charge in [0.25, 0.3) is 11.2 Å². The Bertz CT molecular complexity index is 1780. The number of non-ortho nitro benzene ring substituents is 1. The molecular formula is C29H19F3N4O4. The molecule has 1 heterocycles. The Morgan fingerprint density at radius 3 is 2.38 bits per heavy atom. The zero-order chi connectivity index (χ0) is 28.3. The highest BCUT2D eigenvalue weighted by atomic mass is 19.4. The van der Waals surface area contributed by atoms with Crippen molar-refractivity contribution in [1.29, 1.82) is 0 Å². The van der Waals surface area contributed by atoms with E-state index in [1.807, 2.05) is 0 Å². The number of rotatable bonds is 7. The van der Waals surface area contributed by atoms with Crippen molar-refractivity contribution in [2.45, 2.75) is 12.8 Å². The van der Waals surface area contributed by atoms with Gasteiger partial charge in [0.15, 0.2) is 5.82 Å². The Morgan fingerprint density at radius 1 is 0.950 bits per heavy atom. The molecule has 5 aromatic rings. The fourth-order valence-corrected chi connectivity index (χ4v) is 3.91. The standard InChI is InChI=1S/C29H19F3N4O4/c30-29(31,32)22-5-3-4-21(16-22)27-34-26-7-2-1-6-25(26)28(37)35(27)33-17-19-10-14-24(15-11-19)40-18-20-8-12-23(13-9-20)36(38)39/h1-17H,18H2. The number of fused-ring (bicyclic) bond motifs is 1. The van der Waals surface area contributed by atoms with Crippen molar-refractivity contribution in [3.63, 3.8) is 0 Å². The number of para-hydroxylation sites is 1. The van der Waals surface area contributed by atoms with Gasteiger partial charge in [-0.15, -0.1) is 0 Å². The number of hydrogen-bond acceptors (Lipinski definition) is 6. The summed E-state index contributed by atoms with van der Waals surface area (Å²) in [7, 11) is 0. The summed E-state index contributed by atoms with van der Waals surface area (Å²) < 4.78 is 46.8. The number of nitro benzene ring substituents is 1. The molecule has 0 amide bonds. The summed E-state index contributed by atoms with van der Waals surface area (Å²) in [6, 6.07) is 23.9. The van der Waals surface area contributed by atoms with E-state index >= 15 is 0 Å². The van der Waals surface area contributed by atoms with Crippen LogP contribution in [0.3, 0.4) is 0 Å². The second kappa shape index (κ2) is 10.8. The molecule has 0 aliphatic heterocycles. The average Bonchev–Trinajstić information content (AvgIpc) is 2.96. The molecule has 8 nitrogen and oxygen atoms in total. The third kappa shape index (κ3) is 5.73. The molecule has 0 aliphatic carbocycles. The predicted octanol–water partition coefficient (Wildman–Crippen LogP) is 6.45. The number of nitro groups is 1. The zero-order valence-corrected chi connectivity index (χ0v) is 20.6. The number of hydrogen-bond donors (Lipinski definition) is 0. The Labute approximate surface area is 224 Å². The Hall–Kier alpha value is -5.32. The number of aromatic nitrogens is 2. The third-order valence-corrected chi connectivity index (χ3v) is 5.96. The quantitative estimate of drug-likeness (QED) is 0.133. The maximum atomic E-state index is 13.4. The van der Waals surface area contributed by atoms with Crippen molar-refractivity contribution in [1.82, 2.24) is 9.66 Å². The van der Waals surface area contributed by atoms with Gasteiger partial charge in [0, 0.05) is 17.7 Å². The number of halogens is 3. The van der Waals surface area contributed by atoms with Crippen LogP contribution in [0.5, 0.6) is 5.75 Å². The lowest BCUT2D eigenvalue weighted by Crippen LogP contribution is -2.20. The monoisotopic (exact) mass is 544 g/mol. The molecule has 0 saturated heterocycles. The van der Waals surface area contributed by atoms with Crippen LogP contribution in [0, 0.1) is 10.1 Å². The highest BCUT2D eigenvalue weighted by molar-refractivity contribution is 5.82. The second-order valence-electron chi connectivity index (χ2n) is 8.67. The first kappa shape index (κ1) is 26.3. The lowest BCUT2D eigenvalue weighted by atomic mass is 10.1. The largest absolute Gasteiger partial charge is 0.489 e. The van der Waals surface area contributed by atoms with Crippen LogP contribution < -0.4 is 10.3 Å². The molecule has 0 radical (unpaired) electrons. The van der Waals surface area contributed by atoms with Gasteiger partial charge in [0.1, 0.15) is 12.4 Å². The fourth-order valence-electron chi connectivity index (χ4n) is 3.91. The predicted molar refractivity (Wildman–Crippen MR) is 143 cm³/mol. The minimum Gasteiger partial charge on any atom is -0.489 e. The second-order valence-corrected chi connectivity index (χ2v) is 8.67. The molecule has 5 rings (SSSR count). The smallest absolute Gasteiger partial charge is 0.416 e. The summed E-state index contributed by atoms with van der Waals surface area (Å²) in [6.07, 6.45) is -3.17. The Balaban J connectivity index is 1.42. The van der Waals surface area contributed by atoms with E-state index in [1.165, 1.54) is 30.5 Å². The van der Waals surface area contributed by atoms with Crippen LogP contribution in [0.4, 0.5) is 18.9 Å². The number of nitrogens with zero attached hydrogens (tertiary/aromatic N) is 4. The molecule has 4 aromatic carbocycles. The van der Waals surface area contributed by atoms with Crippen LogP contribution >= 0.6 is 0 Å². The van der Waals surface area contributed by atoms with Gasteiger partial charge >= 0.3 is 6.18 Å². The molecule has 40 heavy (non-hydrogen) atoms. The maximum Gasteiger partial charge on any atom is 0.416 e. The molecule has 0 atom stereocenters. The van der Waals surface area contributed by atoms with Gasteiger partial charge in [-0.1, -0.05) is 24.3 Å². The molecule has 0 unspecified atom stereocenters. The lowest BCUT2D eigenvalue weighted by molar-refractivity contribution is -0.384. The van der Waals surface area contributed by atoms with Gasteiger partial charge in [-0.2, -0.15) is 22.9 Å². The first-order chi connectivity index (χ1) is 19.2. The van der Waals surface area contributed by atoms with E-state index in [4.69, 9.17) is 4.74 Å². The molecule has 0 aliphatic rings. The van der Waals surface area contributed by atoms with E-state index in [-0.39, 0.29) is 29.1 Å². The summed E-state index contributed by atoms with van der Waals surface area (Å²) in [5, 5.41) is 15.3. The van der Waals surface area contributed by atoms with E-state index in [1.54, 1.807) is 60.7 Å². The number of alkyl halides is 3. The average molecular weight is 544 g/mol. The van der Waals surface area contributed by atoms with Gasteiger partial charge in [0.2, 0.25) is 0 Å². The van der Waals surface area contributed by atoms with Crippen molar-refractivity contribution in [3.05, 3.63) is 134 Å². The van der Waals surface area contributed by atoms with Crippen molar-refractivity contribution in [2.24, 2.45) is 5.10 Å². The molecule has 200 valence electrons. The van der Waals surface area contributed by atoms with Gasteiger partial charge in [-0.3, -0.25) is 14.9 Å². The fraction of sp³-hybridized carbons (Fsp3) is 0.0690. The van der Waals surface area contributed by atoms with Gasteiger partial charge < -0.3 is 4.74 Å². The molecule has 1 aromatic heterocycles. The van der Waals surface area contributed by atoms with E-state index in [0.29, 0.717) is 16.8 Å². The van der Waals surface area contributed by atoms with E-state index < -0.39 is 22.2 Å². The first-order valence-corrected chi connectivity index (χ1v) is 11.9. The van der Waals surface area contributed by atoms with Crippen LogP contribution in [0.25, 0.3) is 22.3 Å². The summed E-state index contributed by atoms with van der Waals surface area (Å²) in [5.41, 5.74) is 0.360. The van der Waals surface area contributed by atoms with Crippen molar-refractivity contribution < 1.29 is 22.8 Å². The molecule has 0 saturated carbocycles. The normalized spacial score (nSPS) is 11.7. The molecule has 0 bridgehead atoms. The highest BCUT2D eigenvalue weighted by Gasteiger charge is 2.31. The highest BCUT2D eigenvalue weighted by Crippen LogP contribution is 2.32. The topological polar surface area (TPSA) is 99.6 Å².